The SMILES string of the molecule is C=CC[C@H]1N(C(=O)N2CCOCC2)c2ccc(F)cc2C12CCNCC2. The summed E-state index contributed by atoms with van der Waals surface area (Å²) in [6.07, 6.45) is 4.38. The van der Waals surface area contributed by atoms with Gasteiger partial charge >= 0.3 is 6.03 Å². The number of fused-ring (bicyclic) bond motifs is 2. The van der Waals surface area contributed by atoms with Gasteiger partial charge in [-0.25, -0.2) is 9.18 Å². The Morgan fingerprint density at radius 2 is 2.08 bits per heavy atom. The summed E-state index contributed by atoms with van der Waals surface area (Å²) in [4.78, 5) is 17.2. The van der Waals surface area contributed by atoms with Gasteiger partial charge in [0, 0.05) is 24.2 Å². The predicted molar refractivity (Wildman–Crippen MR) is 99.1 cm³/mol. The Hall–Kier alpha value is -1.92. The quantitative estimate of drug-likeness (QED) is 0.826. The number of hydrogen-bond donors (Lipinski definition) is 1. The van der Waals surface area contributed by atoms with Crippen LogP contribution in [-0.4, -0.2) is 56.4 Å². The van der Waals surface area contributed by atoms with E-state index < -0.39 is 0 Å². The molecule has 140 valence electrons. The van der Waals surface area contributed by atoms with Gasteiger partial charge in [0.2, 0.25) is 0 Å². The molecule has 3 aliphatic heterocycles. The highest BCUT2D eigenvalue weighted by molar-refractivity contribution is 5.96. The maximum atomic E-state index is 14.1. The van der Waals surface area contributed by atoms with E-state index in [1.807, 2.05) is 15.9 Å². The van der Waals surface area contributed by atoms with Crippen molar-refractivity contribution in [2.75, 3.05) is 44.3 Å². The second-order valence-corrected chi connectivity index (χ2v) is 7.36. The van der Waals surface area contributed by atoms with Crippen LogP contribution < -0.4 is 10.2 Å². The third kappa shape index (κ3) is 2.72. The van der Waals surface area contributed by atoms with Crippen molar-refractivity contribution in [3.05, 3.63) is 42.2 Å². The second kappa shape index (κ2) is 7.00. The molecule has 0 saturated carbocycles. The van der Waals surface area contributed by atoms with Gasteiger partial charge in [0.25, 0.3) is 0 Å². The van der Waals surface area contributed by atoms with E-state index in [1.165, 1.54) is 6.07 Å². The van der Waals surface area contributed by atoms with Crippen molar-refractivity contribution in [3.8, 4) is 0 Å². The number of anilines is 1. The number of urea groups is 1. The van der Waals surface area contributed by atoms with Gasteiger partial charge in [-0.3, -0.25) is 4.90 Å². The zero-order valence-corrected chi connectivity index (χ0v) is 15.0. The number of carbonyl (C=O) groups excluding carboxylic acids is 1. The average molecular weight is 359 g/mol. The predicted octanol–water partition coefficient (Wildman–Crippen LogP) is 2.66. The van der Waals surface area contributed by atoms with Gasteiger partial charge < -0.3 is 15.0 Å². The molecule has 0 bridgehead atoms. The lowest BCUT2D eigenvalue weighted by Gasteiger charge is -2.42. The van der Waals surface area contributed by atoms with Gasteiger partial charge in [-0.2, -0.15) is 0 Å². The summed E-state index contributed by atoms with van der Waals surface area (Å²) in [5, 5.41) is 3.40. The first-order valence-electron chi connectivity index (χ1n) is 9.45. The normalized spacial score (nSPS) is 24.6. The number of halogens is 1. The molecule has 0 aliphatic carbocycles. The van der Waals surface area contributed by atoms with Crippen molar-refractivity contribution in [1.82, 2.24) is 10.2 Å². The average Bonchev–Trinajstić information content (AvgIpc) is 2.92. The first-order chi connectivity index (χ1) is 12.7. The summed E-state index contributed by atoms with van der Waals surface area (Å²) < 4.78 is 19.5. The molecule has 1 N–H and O–H groups in total. The van der Waals surface area contributed by atoms with Crippen LogP contribution in [0.2, 0.25) is 0 Å². The van der Waals surface area contributed by atoms with Crippen LogP contribution in [-0.2, 0) is 10.2 Å². The van der Waals surface area contributed by atoms with Crippen LogP contribution in [0.3, 0.4) is 0 Å². The number of benzene rings is 1. The van der Waals surface area contributed by atoms with Crippen LogP contribution in [0.15, 0.2) is 30.9 Å². The molecule has 2 amide bonds. The number of nitrogens with one attached hydrogen (secondary N) is 1. The van der Waals surface area contributed by atoms with Gasteiger partial charge in [0.05, 0.1) is 19.3 Å². The van der Waals surface area contributed by atoms with E-state index >= 15 is 0 Å². The van der Waals surface area contributed by atoms with E-state index in [4.69, 9.17) is 4.74 Å². The lowest BCUT2D eigenvalue weighted by Crippen LogP contribution is -2.56. The summed E-state index contributed by atoms with van der Waals surface area (Å²) in [6, 6.07) is 4.86. The van der Waals surface area contributed by atoms with E-state index in [9.17, 15) is 9.18 Å². The number of amides is 2. The van der Waals surface area contributed by atoms with Crippen molar-refractivity contribution < 1.29 is 13.9 Å². The lowest BCUT2D eigenvalue weighted by atomic mass is 9.69. The highest BCUT2D eigenvalue weighted by Gasteiger charge is 2.53. The zero-order valence-electron chi connectivity index (χ0n) is 15.0. The minimum absolute atomic E-state index is 0.00316. The largest absolute Gasteiger partial charge is 0.378 e. The maximum absolute atomic E-state index is 14.1. The third-order valence-corrected chi connectivity index (χ3v) is 6.08. The van der Waals surface area contributed by atoms with Crippen LogP contribution in [0.1, 0.15) is 24.8 Å². The highest BCUT2D eigenvalue weighted by Crippen LogP contribution is 2.52. The molecule has 4 rings (SSSR count). The summed E-state index contributed by atoms with van der Waals surface area (Å²) in [5.41, 5.74) is 1.63. The van der Waals surface area contributed by atoms with E-state index in [0.717, 1.165) is 37.2 Å². The van der Waals surface area contributed by atoms with E-state index in [1.54, 1.807) is 12.1 Å². The fourth-order valence-electron chi connectivity index (χ4n) is 4.82. The molecule has 1 aromatic carbocycles. The van der Waals surface area contributed by atoms with Crippen LogP contribution in [0.5, 0.6) is 0 Å². The van der Waals surface area contributed by atoms with E-state index in [-0.39, 0.29) is 23.3 Å². The molecule has 3 aliphatic rings. The number of hydrogen-bond acceptors (Lipinski definition) is 3. The van der Waals surface area contributed by atoms with Crippen LogP contribution in [0, 0.1) is 5.82 Å². The van der Waals surface area contributed by atoms with E-state index in [2.05, 4.69) is 11.9 Å². The number of nitrogens with zero attached hydrogens (tertiary/aromatic N) is 2. The minimum atomic E-state index is -0.236. The topological polar surface area (TPSA) is 44.8 Å². The molecule has 0 aromatic heterocycles. The monoisotopic (exact) mass is 359 g/mol. The molecule has 0 unspecified atom stereocenters. The maximum Gasteiger partial charge on any atom is 0.324 e. The van der Waals surface area contributed by atoms with Gasteiger partial charge in [-0.1, -0.05) is 6.08 Å². The molecule has 3 heterocycles. The van der Waals surface area contributed by atoms with Gasteiger partial charge in [0.1, 0.15) is 5.82 Å². The number of rotatable bonds is 2. The van der Waals surface area contributed by atoms with Crippen LogP contribution in [0.4, 0.5) is 14.9 Å². The molecular formula is C20H26FN3O2. The number of ether oxygens (including phenoxy) is 1. The first kappa shape index (κ1) is 17.5. The Labute approximate surface area is 153 Å². The Balaban J connectivity index is 1.79. The van der Waals surface area contributed by atoms with Crippen molar-refractivity contribution in [2.24, 2.45) is 0 Å². The summed E-state index contributed by atoms with van der Waals surface area (Å²) in [5.74, 6) is -0.236. The molecule has 2 saturated heterocycles. The standard InChI is InChI=1S/C20H26FN3O2/c1-2-3-18-20(6-8-22-9-7-20)16-14-15(21)4-5-17(16)24(18)19(25)23-10-12-26-13-11-23/h2,4-5,14,18,22H,1,3,6-13H2/t18-/m1/s1. The fourth-order valence-corrected chi connectivity index (χ4v) is 4.82. The molecule has 1 spiro atoms. The molecule has 1 atom stereocenters. The van der Waals surface area contributed by atoms with E-state index in [0.29, 0.717) is 32.7 Å². The van der Waals surface area contributed by atoms with Gasteiger partial charge in [0.15, 0.2) is 0 Å². The second-order valence-electron chi connectivity index (χ2n) is 7.36. The van der Waals surface area contributed by atoms with Crippen molar-refractivity contribution in [1.29, 1.82) is 0 Å². The zero-order chi connectivity index (χ0) is 18.1. The van der Waals surface area contributed by atoms with Crippen molar-refractivity contribution >= 4 is 11.7 Å². The summed E-state index contributed by atoms with van der Waals surface area (Å²) in [6.45, 7) is 8.01. The Bertz CT molecular complexity index is 696. The number of morpholine rings is 1. The van der Waals surface area contributed by atoms with Crippen LogP contribution >= 0.6 is 0 Å². The summed E-state index contributed by atoms with van der Waals surface area (Å²) >= 11 is 0. The highest BCUT2D eigenvalue weighted by atomic mass is 19.1. The lowest BCUT2D eigenvalue weighted by molar-refractivity contribution is 0.0540. The molecule has 5 nitrogen and oxygen atoms in total. The first-order valence-corrected chi connectivity index (χ1v) is 9.45. The Kier molecular flexibility index (Phi) is 4.71. The van der Waals surface area contributed by atoms with Gasteiger partial charge in [-0.15, -0.1) is 6.58 Å². The smallest absolute Gasteiger partial charge is 0.324 e. The minimum Gasteiger partial charge on any atom is -0.378 e. The summed E-state index contributed by atoms with van der Waals surface area (Å²) in [7, 11) is 0. The molecule has 1 aromatic rings. The fraction of sp³-hybridized carbons (Fsp3) is 0.550. The number of carbonyl (C=O) groups is 1. The Morgan fingerprint density at radius 1 is 1.35 bits per heavy atom. The molecule has 2 fully saturated rings. The molecule has 0 radical (unpaired) electrons. The van der Waals surface area contributed by atoms with Gasteiger partial charge in [-0.05, 0) is 56.1 Å². The molecule has 6 heteroatoms. The third-order valence-electron chi connectivity index (χ3n) is 6.08. The number of piperidine rings is 1. The van der Waals surface area contributed by atoms with Crippen LogP contribution in [0.25, 0.3) is 0 Å². The van der Waals surface area contributed by atoms with Crippen molar-refractivity contribution in [2.45, 2.75) is 30.7 Å². The molecular weight excluding hydrogens is 333 g/mol. The Morgan fingerprint density at radius 3 is 2.77 bits per heavy atom. The molecule has 26 heavy (non-hydrogen) atoms. The van der Waals surface area contributed by atoms with Crippen molar-refractivity contribution in [3.63, 3.8) is 0 Å².